The summed E-state index contributed by atoms with van der Waals surface area (Å²) in [4.78, 5) is 16.8. The minimum absolute atomic E-state index is 0.171. The van der Waals surface area contributed by atoms with E-state index in [9.17, 15) is 28.2 Å². The molecule has 2 atom stereocenters. The number of aliphatic hydroxyl groups is 1. The molecule has 0 aliphatic carbocycles. The van der Waals surface area contributed by atoms with E-state index in [0.717, 1.165) is 12.1 Å². The Morgan fingerprint density at radius 2 is 1.90 bits per heavy atom. The monoisotopic (exact) mass is 433 g/mol. The summed E-state index contributed by atoms with van der Waals surface area (Å²) in [6.45, 7) is 0.163. The van der Waals surface area contributed by atoms with Crippen molar-refractivity contribution in [3.63, 3.8) is 0 Å². The highest BCUT2D eigenvalue weighted by atomic mass is 19.4. The molecule has 1 amide bonds. The van der Waals surface area contributed by atoms with Crippen molar-refractivity contribution in [1.29, 1.82) is 0 Å². The van der Waals surface area contributed by atoms with Crippen molar-refractivity contribution in [2.24, 2.45) is 5.92 Å². The van der Waals surface area contributed by atoms with Gasteiger partial charge in [0.25, 0.3) is 0 Å². The maximum absolute atomic E-state index is 12.9. The fourth-order valence-electron chi connectivity index (χ4n) is 3.66. The van der Waals surface area contributed by atoms with Crippen molar-refractivity contribution in [3.8, 4) is 11.3 Å². The number of aliphatic hydroxyl groups excluding tert-OH is 1. The van der Waals surface area contributed by atoms with E-state index in [1.54, 1.807) is 18.3 Å². The number of halogens is 3. The van der Waals surface area contributed by atoms with E-state index in [1.807, 2.05) is 0 Å². The first-order valence-corrected chi connectivity index (χ1v) is 9.42. The van der Waals surface area contributed by atoms with Crippen LogP contribution in [-0.4, -0.2) is 62.1 Å². The molecule has 0 bridgehead atoms. The Kier molecular flexibility index (Phi) is 5.36. The predicted octanol–water partition coefficient (Wildman–Crippen LogP) is 3.09. The summed E-state index contributed by atoms with van der Waals surface area (Å²) in [5.74, 6) is 0.0358. The Morgan fingerprint density at radius 1 is 1.16 bits per heavy atom. The van der Waals surface area contributed by atoms with Gasteiger partial charge in [-0.05, 0) is 24.3 Å². The van der Waals surface area contributed by atoms with Gasteiger partial charge < -0.3 is 20.4 Å². The van der Waals surface area contributed by atoms with Gasteiger partial charge >= 0.3 is 12.3 Å². The van der Waals surface area contributed by atoms with Gasteiger partial charge in [0.15, 0.2) is 5.82 Å². The highest BCUT2D eigenvalue weighted by Crippen LogP contribution is 2.33. The summed E-state index contributed by atoms with van der Waals surface area (Å²) in [5, 5.41) is 30.9. The smallest absolute Gasteiger partial charge is 0.416 e. The van der Waals surface area contributed by atoms with Crippen molar-refractivity contribution in [1.82, 2.24) is 20.1 Å². The van der Waals surface area contributed by atoms with Gasteiger partial charge in [-0.15, -0.1) is 10.2 Å². The molecule has 162 valence electrons. The van der Waals surface area contributed by atoms with Crippen molar-refractivity contribution < 1.29 is 28.2 Å². The number of nitrogens with zero attached hydrogens (tertiary/aromatic N) is 4. The van der Waals surface area contributed by atoms with E-state index in [1.165, 1.54) is 17.0 Å². The second kappa shape index (κ2) is 7.99. The minimum atomic E-state index is -4.44. The Labute approximate surface area is 174 Å². The standard InChI is InChI=1S/C20H18F3N5O3/c21-20(22,23)13-5-3-11(4-6-13)16-17-14(2-1-7-24-17)18(27-26-16)25-15-9-28(19(30)31)8-12(15)10-29/h1-7,12,15,29H,8-10H2,(H,25,27)(H,30,31)/t12-,15+/m0/s1. The molecule has 1 fully saturated rings. The third-order valence-electron chi connectivity index (χ3n) is 5.29. The van der Waals surface area contributed by atoms with Crippen molar-refractivity contribution >= 4 is 22.8 Å². The summed E-state index contributed by atoms with van der Waals surface area (Å²) >= 11 is 0. The molecule has 3 N–H and O–H groups in total. The number of benzene rings is 1. The van der Waals surface area contributed by atoms with E-state index in [0.29, 0.717) is 28.0 Å². The summed E-state index contributed by atoms with van der Waals surface area (Å²) in [7, 11) is 0. The van der Waals surface area contributed by atoms with Gasteiger partial charge in [-0.25, -0.2) is 4.79 Å². The molecule has 0 saturated carbocycles. The average Bonchev–Trinajstić information content (AvgIpc) is 3.17. The van der Waals surface area contributed by atoms with Gasteiger partial charge in [0.05, 0.1) is 11.6 Å². The Hall–Kier alpha value is -3.47. The molecular weight excluding hydrogens is 415 g/mol. The first-order valence-electron chi connectivity index (χ1n) is 9.42. The third-order valence-corrected chi connectivity index (χ3v) is 5.29. The van der Waals surface area contributed by atoms with E-state index in [-0.39, 0.29) is 31.7 Å². The number of amides is 1. The van der Waals surface area contributed by atoms with Gasteiger partial charge in [0.1, 0.15) is 11.2 Å². The van der Waals surface area contributed by atoms with Crippen LogP contribution in [0, 0.1) is 5.92 Å². The zero-order valence-electron chi connectivity index (χ0n) is 16.0. The van der Waals surface area contributed by atoms with Crippen LogP contribution >= 0.6 is 0 Å². The molecule has 8 nitrogen and oxygen atoms in total. The number of anilines is 1. The van der Waals surface area contributed by atoms with Crippen molar-refractivity contribution in [2.45, 2.75) is 12.2 Å². The maximum atomic E-state index is 12.9. The number of carbonyl (C=O) groups is 1. The first kappa shape index (κ1) is 20.8. The Balaban J connectivity index is 1.68. The third kappa shape index (κ3) is 4.08. The largest absolute Gasteiger partial charge is 0.465 e. The van der Waals surface area contributed by atoms with Gasteiger partial charge in [-0.2, -0.15) is 13.2 Å². The zero-order valence-corrected chi connectivity index (χ0v) is 16.0. The summed E-state index contributed by atoms with van der Waals surface area (Å²) in [6, 6.07) is 7.63. The number of aromatic nitrogens is 3. The van der Waals surface area contributed by atoms with Gasteiger partial charge in [-0.3, -0.25) is 4.98 Å². The lowest BCUT2D eigenvalue weighted by atomic mass is 10.0. The van der Waals surface area contributed by atoms with Crippen LogP contribution in [0.2, 0.25) is 0 Å². The first-order chi connectivity index (χ1) is 14.8. The fourth-order valence-corrected chi connectivity index (χ4v) is 3.66. The van der Waals surface area contributed by atoms with E-state index in [2.05, 4.69) is 20.5 Å². The highest BCUT2D eigenvalue weighted by molar-refractivity contribution is 5.97. The quantitative estimate of drug-likeness (QED) is 0.580. The van der Waals surface area contributed by atoms with Crippen LogP contribution in [-0.2, 0) is 6.18 Å². The van der Waals surface area contributed by atoms with Crippen LogP contribution in [0.1, 0.15) is 5.56 Å². The predicted molar refractivity (Wildman–Crippen MR) is 105 cm³/mol. The molecule has 0 radical (unpaired) electrons. The molecule has 3 heterocycles. The SMILES string of the molecule is O=C(O)N1C[C@@H](CO)[C@H](Nc2nnc(-c3ccc(C(F)(F)F)cc3)c3ncccc23)C1. The zero-order chi connectivity index (χ0) is 22.2. The number of hydrogen-bond donors (Lipinski definition) is 3. The molecule has 0 spiro atoms. The highest BCUT2D eigenvalue weighted by Gasteiger charge is 2.35. The number of fused-ring (bicyclic) bond motifs is 1. The van der Waals surface area contributed by atoms with Crippen molar-refractivity contribution in [3.05, 3.63) is 48.2 Å². The second-order valence-electron chi connectivity index (χ2n) is 7.25. The fraction of sp³-hybridized carbons (Fsp3) is 0.300. The topological polar surface area (TPSA) is 111 Å². The lowest BCUT2D eigenvalue weighted by molar-refractivity contribution is -0.137. The molecule has 1 aliphatic heterocycles. The second-order valence-corrected chi connectivity index (χ2v) is 7.25. The number of hydrogen-bond acceptors (Lipinski definition) is 6. The number of nitrogens with one attached hydrogen (secondary N) is 1. The van der Waals surface area contributed by atoms with Crippen molar-refractivity contribution in [2.75, 3.05) is 25.0 Å². The normalized spacial score (nSPS) is 19.0. The Bertz CT molecular complexity index is 1110. The van der Waals surface area contributed by atoms with Gasteiger partial charge in [0.2, 0.25) is 0 Å². The average molecular weight is 433 g/mol. The maximum Gasteiger partial charge on any atom is 0.416 e. The van der Waals surface area contributed by atoms with Crippen LogP contribution in [0.3, 0.4) is 0 Å². The Morgan fingerprint density at radius 3 is 2.55 bits per heavy atom. The van der Waals surface area contributed by atoms with E-state index in [4.69, 9.17) is 0 Å². The molecule has 1 aromatic carbocycles. The lowest BCUT2D eigenvalue weighted by Gasteiger charge is -2.19. The molecule has 3 aromatic rings. The molecule has 11 heteroatoms. The number of pyridine rings is 1. The minimum Gasteiger partial charge on any atom is -0.465 e. The number of rotatable bonds is 4. The summed E-state index contributed by atoms with van der Waals surface area (Å²) in [6.07, 6.45) is -3.97. The molecular formula is C20H18F3N5O3. The molecule has 1 saturated heterocycles. The van der Waals surface area contributed by atoms with Crippen LogP contribution in [0.25, 0.3) is 22.2 Å². The van der Waals surface area contributed by atoms with Crippen LogP contribution in [0.4, 0.5) is 23.8 Å². The van der Waals surface area contributed by atoms with E-state index < -0.39 is 17.8 Å². The number of likely N-dealkylation sites (tertiary alicyclic amines) is 1. The number of carboxylic acid groups (broad SMARTS) is 1. The van der Waals surface area contributed by atoms with Crippen LogP contribution in [0.15, 0.2) is 42.6 Å². The number of alkyl halides is 3. The van der Waals surface area contributed by atoms with Gasteiger partial charge in [0, 0.05) is 42.8 Å². The van der Waals surface area contributed by atoms with Gasteiger partial charge in [-0.1, -0.05) is 12.1 Å². The molecule has 0 unspecified atom stereocenters. The molecule has 1 aliphatic rings. The van der Waals surface area contributed by atoms with E-state index >= 15 is 0 Å². The molecule has 2 aromatic heterocycles. The van der Waals surface area contributed by atoms with Crippen LogP contribution < -0.4 is 5.32 Å². The summed E-state index contributed by atoms with van der Waals surface area (Å²) < 4.78 is 38.6. The lowest BCUT2D eigenvalue weighted by Crippen LogP contribution is -2.32. The molecule has 31 heavy (non-hydrogen) atoms. The molecule has 4 rings (SSSR count). The van der Waals surface area contributed by atoms with Crippen LogP contribution in [0.5, 0.6) is 0 Å². The summed E-state index contributed by atoms with van der Waals surface area (Å²) in [5.41, 5.74) is 0.432.